The van der Waals surface area contributed by atoms with E-state index in [0.29, 0.717) is 17.8 Å². The standard InChI is InChI=1S/C22H27N5O2/c1-15-12-16(2)27-21(25-15)18(13-24-27)22(28)23-14-19(26-10-6-7-11-26)17-8-4-5-9-20(17)29-3/h4-5,8-9,12-13,19H,6-7,10-11,14H2,1-3H3,(H,23,28)/t19-/m1/s1. The molecule has 0 unspecified atom stereocenters. The zero-order valence-corrected chi connectivity index (χ0v) is 17.2. The summed E-state index contributed by atoms with van der Waals surface area (Å²) in [6, 6.07) is 10.1. The predicted molar refractivity (Wildman–Crippen MR) is 111 cm³/mol. The number of carbonyl (C=O) groups excluding carboxylic acids is 1. The van der Waals surface area contributed by atoms with E-state index in [1.54, 1.807) is 17.8 Å². The molecule has 1 aromatic carbocycles. The van der Waals surface area contributed by atoms with Crippen LogP contribution in [0.5, 0.6) is 5.75 Å². The van der Waals surface area contributed by atoms with E-state index in [1.165, 1.54) is 12.8 Å². The molecule has 7 heteroatoms. The molecule has 2 aromatic heterocycles. The van der Waals surface area contributed by atoms with Gasteiger partial charge in [-0.1, -0.05) is 18.2 Å². The highest BCUT2D eigenvalue weighted by Gasteiger charge is 2.27. The molecule has 1 N–H and O–H groups in total. The van der Waals surface area contributed by atoms with Gasteiger partial charge in [0.05, 0.1) is 19.3 Å². The van der Waals surface area contributed by atoms with Crippen LogP contribution in [0.4, 0.5) is 0 Å². The third-order valence-electron chi connectivity index (χ3n) is 5.56. The van der Waals surface area contributed by atoms with E-state index >= 15 is 0 Å². The Morgan fingerprint density at radius 2 is 2.00 bits per heavy atom. The summed E-state index contributed by atoms with van der Waals surface area (Å²) in [4.78, 5) is 19.9. The van der Waals surface area contributed by atoms with E-state index in [-0.39, 0.29) is 11.9 Å². The molecule has 1 fully saturated rings. The molecule has 0 bridgehead atoms. The predicted octanol–water partition coefficient (Wildman–Crippen LogP) is 2.92. The van der Waals surface area contributed by atoms with Crippen molar-refractivity contribution in [3.63, 3.8) is 0 Å². The number of aryl methyl sites for hydroxylation is 2. The zero-order valence-electron chi connectivity index (χ0n) is 17.2. The first-order valence-electron chi connectivity index (χ1n) is 10.1. The zero-order chi connectivity index (χ0) is 20.4. The molecule has 1 saturated heterocycles. The Kier molecular flexibility index (Phi) is 5.49. The Hall–Kier alpha value is -2.93. The number of nitrogens with zero attached hydrogens (tertiary/aromatic N) is 4. The van der Waals surface area contributed by atoms with Gasteiger partial charge < -0.3 is 10.1 Å². The summed E-state index contributed by atoms with van der Waals surface area (Å²) < 4.78 is 7.29. The molecule has 1 atom stereocenters. The summed E-state index contributed by atoms with van der Waals surface area (Å²) >= 11 is 0. The highest BCUT2D eigenvalue weighted by Crippen LogP contribution is 2.31. The van der Waals surface area contributed by atoms with Crippen LogP contribution in [0.15, 0.2) is 36.5 Å². The number of ether oxygens (including phenoxy) is 1. The van der Waals surface area contributed by atoms with E-state index < -0.39 is 0 Å². The molecule has 7 nitrogen and oxygen atoms in total. The van der Waals surface area contributed by atoms with Gasteiger partial charge in [0, 0.05) is 23.5 Å². The number of nitrogens with one attached hydrogen (secondary N) is 1. The number of benzene rings is 1. The number of aromatic nitrogens is 3. The second kappa shape index (κ2) is 8.21. The van der Waals surface area contributed by atoms with Gasteiger partial charge in [-0.3, -0.25) is 9.69 Å². The monoisotopic (exact) mass is 393 g/mol. The lowest BCUT2D eigenvalue weighted by Gasteiger charge is -2.29. The third-order valence-corrected chi connectivity index (χ3v) is 5.56. The molecule has 0 aliphatic carbocycles. The van der Waals surface area contributed by atoms with Crippen molar-refractivity contribution in [2.75, 3.05) is 26.7 Å². The quantitative estimate of drug-likeness (QED) is 0.697. The van der Waals surface area contributed by atoms with Gasteiger partial charge in [-0.05, 0) is 51.9 Å². The number of rotatable bonds is 6. The van der Waals surface area contributed by atoms with Crippen LogP contribution in [0.25, 0.3) is 5.65 Å². The summed E-state index contributed by atoms with van der Waals surface area (Å²) in [5.41, 5.74) is 4.01. The summed E-state index contributed by atoms with van der Waals surface area (Å²) in [5.74, 6) is 0.694. The first kappa shape index (κ1) is 19.4. The number of hydrogen-bond acceptors (Lipinski definition) is 5. The number of methoxy groups -OCH3 is 1. The van der Waals surface area contributed by atoms with Crippen molar-refractivity contribution in [1.82, 2.24) is 24.8 Å². The lowest BCUT2D eigenvalue weighted by atomic mass is 10.0. The van der Waals surface area contributed by atoms with Crippen molar-refractivity contribution in [3.8, 4) is 5.75 Å². The smallest absolute Gasteiger partial charge is 0.256 e. The number of amides is 1. The second-order valence-corrected chi connectivity index (χ2v) is 7.54. The van der Waals surface area contributed by atoms with Crippen LogP contribution in [-0.2, 0) is 0 Å². The van der Waals surface area contributed by atoms with Crippen LogP contribution in [0, 0.1) is 13.8 Å². The maximum atomic E-state index is 13.0. The highest BCUT2D eigenvalue weighted by atomic mass is 16.5. The fraction of sp³-hybridized carbons (Fsp3) is 0.409. The maximum absolute atomic E-state index is 13.0. The van der Waals surface area contributed by atoms with Crippen LogP contribution >= 0.6 is 0 Å². The average Bonchev–Trinajstić information content (AvgIpc) is 3.38. The van der Waals surface area contributed by atoms with Gasteiger partial charge in [0.15, 0.2) is 5.65 Å². The normalized spacial score (nSPS) is 15.6. The van der Waals surface area contributed by atoms with E-state index in [2.05, 4.69) is 26.4 Å². The van der Waals surface area contributed by atoms with Gasteiger partial charge in [-0.15, -0.1) is 0 Å². The van der Waals surface area contributed by atoms with Crippen molar-refractivity contribution in [3.05, 3.63) is 59.0 Å². The van der Waals surface area contributed by atoms with Crippen molar-refractivity contribution >= 4 is 11.6 Å². The van der Waals surface area contributed by atoms with Gasteiger partial charge in [-0.25, -0.2) is 9.50 Å². The molecule has 3 heterocycles. The minimum atomic E-state index is -0.156. The summed E-state index contributed by atoms with van der Waals surface area (Å²) in [6.45, 7) is 6.43. The summed E-state index contributed by atoms with van der Waals surface area (Å²) in [6.07, 6.45) is 3.95. The van der Waals surface area contributed by atoms with Crippen LogP contribution in [-0.4, -0.2) is 52.1 Å². The van der Waals surface area contributed by atoms with Crippen LogP contribution < -0.4 is 10.1 Å². The van der Waals surface area contributed by atoms with Gasteiger partial charge >= 0.3 is 0 Å². The van der Waals surface area contributed by atoms with Crippen molar-refractivity contribution in [2.24, 2.45) is 0 Å². The average molecular weight is 393 g/mol. The lowest BCUT2D eigenvalue weighted by molar-refractivity contribution is 0.0938. The first-order valence-corrected chi connectivity index (χ1v) is 10.1. The van der Waals surface area contributed by atoms with E-state index in [9.17, 15) is 4.79 Å². The Balaban J connectivity index is 1.58. The number of hydrogen-bond donors (Lipinski definition) is 1. The Morgan fingerprint density at radius 1 is 1.24 bits per heavy atom. The molecule has 0 radical (unpaired) electrons. The van der Waals surface area contributed by atoms with Gasteiger partial charge in [0.25, 0.3) is 5.91 Å². The van der Waals surface area contributed by atoms with Gasteiger partial charge in [0.1, 0.15) is 11.3 Å². The molecule has 0 saturated carbocycles. The molecular formula is C22H27N5O2. The number of fused-ring (bicyclic) bond motifs is 1. The molecule has 0 spiro atoms. The summed E-state index contributed by atoms with van der Waals surface area (Å²) in [5, 5.41) is 7.45. The number of carbonyl (C=O) groups is 1. The molecule has 29 heavy (non-hydrogen) atoms. The second-order valence-electron chi connectivity index (χ2n) is 7.54. The molecule has 1 amide bonds. The van der Waals surface area contributed by atoms with Crippen molar-refractivity contribution in [1.29, 1.82) is 0 Å². The largest absolute Gasteiger partial charge is 0.496 e. The van der Waals surface area contributed by atoms with Gasteiger partial charge in [-0.2, -0.15) is 5.10 Å². The van der Waals surface area contributed by atoms with Crippen molar-refractivity contribution < 1.29 is 9.53 Å². The highest BCUT2D eigenvalue weighted by molar-refractivity contribution is 5.99. The fourth-order valence-electron chi connectivity index (χ4n) is 4.15. The summed E-state index contributed by atoms with van der Waals surface area (Å²) in [7, 11) is 1.69. The maximum Gasteiger partial charge on any atom is 0.256 e. The number of likely N-dealkylation sites (tertiary alicyclic amines) is 1. The number of para-hydroxylation sites is 1. The SMILES string of the molecule is COc1ccccc1[C@@H](CNC(=O)c1cnn2c(C)cc(C)nc12)N1CCCC1. The van der Waals surface area contributed by atoms with Crippen molar-refractivity contribution in [2.45, 2.75) is 32.7 Å². The molecule has 3 aromatic rings. The van der Waals surface area contributed by atoms with E-state index in [0.717, 1.165) is 35.8 Å². The van der Waals surface area contributed by atoms with Crippen LogP contribution in [0.1, 0.15) is 46.2 Å². The minimum Gasteiger partial charge on any atom is -0.496 e. The van der Waals surface area contributed by atoms with E-state index in [1.807, 2.05) is 38.1 Å². The minimum absolute atomic E-state index is 0.0656. The first-order chi connectivity index (χ1) is 14.1. The Bertz CT molecular complexity index is 1020. The van der Waals surface area contributed by atoms with Crippen LogP contribution in [0.2, 0.25) is 0 Å². The van der Waals surface area contributed by atoms with E-state index in [4.69, 9.17) is 4.74 Å². The topological polar surface area (TPSA) is 71.8 Å². The van der Waals surface area contributed by atoms with Gasteiger partial charge in [0.2, 0.25) is 0 Å². The molecule has 4 rings (SSSR count). The third kappa shape index (κ3) is 3.82. The Morgan fingerprint density at radius 3 is 2.76 bits per heavy atom. The van der Waals surface area contributed by atoms with Crippen LogP contribution in [0.3, 0.4) is 0 Å². The molecule has 1 aliphatic heterocycles. The molecule has 152 valence electrons. The lowest BCUT2D eigenvalue weighted by Crippen LogP contribution is -2.37. The fourth-order valence-corrected chi connectivity index (χ4v) is 4.15. The molecular weight excluding hydrogens is 366 g/mol. The Labute approximate surface area is 170 Å². The molecule has 1 aliphatic rings.